The van der Waals surface area contributed by atoms with Crippen LogP contribution in [0.15, 0.2) is 48.8 Å². The molecule has 0 saturated carbocycles. The molecule has 0 amide bonds. The van der Waals surface area contributed by atoms with Crippen molar-refractivity contribution in [2.45, 2.75) is 6.04 Å². The number of hydrogen-bond donors (Lipinski definition) is 1. The summed E-state index contributed by atoms with van der Waals surface area (Å²) in [5.74, 6) is -0.250. The number of aryl methyl sites for hydroxylation is 1. The lowest BCUT2D eigenvalue weighted by Crippen LogP contribution is -2.89. The van der Waals surface area contributed by atoms with Crippen molar-refractivity contribution in [1.29, 1.82) is 0 Å². The lowest BCUT2D eigenvalue weighted by Gasteiger charge is -2.20. The molecule has 0 bridgehead atoms. The van der Waals surface area contributed by atoms with Crippen LogP contribution in [0.1, 0.15) is 11.7 Å². The van der Waals surface area contributed by atoms with E-state index in [2.05, 4.69) is 21.5 Å². The quantitative estimate of drug-likeness (QED) is 0.793. The predicted octanol–water partition coefficient (Wildman–Crippen LogP) is 1.92. The van der Waals surface area contributed by atoms with Crippen LogP contribution in [0.3, 0.4) is 0 Å². The molecule has 1 aliphatic rings. The normalized spacial score (nSPS) is 17.6. The van der Waals surface area contributed by atoms with Gasteiger partial charge in [0.2, 0.25) is 0 Å². The van der Waals surface area contributed by atoms with Gasteiger partial charge in [0.15, 0.2) is 6.04 Å². The molecule has 6 heteroatoms. The van der Waals surface area contributed by atoms with Crippen molar-refractivity contribution >= 4 is 0 Å². The topological polar surface area (TPSA) is 56.5 Å². The summed E-state index contributed by atoms with van der Waals surface area (Å²) in [6.07, 6.45) is 3.81. The van der Waals surface area contributed by atoms with Gasteiger partial charge in [-0.15, -0.1) is 0 Å². The molecule has 3 heterocycles. The molecule has 1 aliphatic heterocycles. The maximum atomic E-state index is 13.2. The Labute approximate surface area is 145 Å². The van der Waals surface area contributed by atoms with Gasteiger partial charge in [-0.3, -0.25) is 9.67 Å². The van der Waals surface area contributed by atoms with E-state index in [1.807, 2.05) is 25.5 Å². The maximum Gasteiger partial charge on any atom is 0.152 e. The summed E-state index contributed by atoms with van der Waals surface area (Å²) >= 11 is 0. The van der Waals surface area contributed by atoms with Crippen molar-refractivity contribution in [3.63, 3.8) is 0 Å². The molecule has 2 N–H and O–H groups in total. The first-order chi connectivity index (χ1) is 12.2. The lowest BCUT2D eigenvalue weighted by atomic mass is 10.0. The number of halogens is 1. The molecule has 4 rings (SSSR count). The summed E-state index contributed by atoms with van der Waals surface area (Å²) in [5, 5.41) is 6.83. The zero-order valence-corrected chi connectivity index (χ0v) is 14.0. The highest BCUT2D eigenvalue weighted by molar-refractivity contribution is 5.80. The lowest BCUT2D eigenvalue weighted by molar-refractivity contribution is -0.712. The number of benzene rings is 1. The minimum Gasteiger partial charge on any atom is -0.369 e. The highest BCUT2D eigenvalue weighted by atomic mass is 19.1. The molecule has 1 atom stereocenters. The zero-order valence-electron chi connectivity index (χ0n) is 14.0. The zero-order chi connectivity index (χ0) is 17.2. The predicted molar refractivity (Wildman–Crippen MR) is 92.2 cm³/mol. The molecule has 0 radical (unpaired) electrons. The van der Waals surface area contributed by atoms with Crippen molar-refractivity contribution in [3.8, 4) is 22.4 Å². The summed E-state index contributed by atoms with van der Waals surface area (Å²) in [7, 11) is 1.89. The van der Waals surface area contributed by atoms with Gasteiger partial charge in [0.1, 0.15) is 23.8 Å². The summed E-state index contributed by atoms with van der Waals surface area (Å²) in [6, 6.07) is 10.7. The second-order valence-corrected chi connectivity index (χ2v) is 6.25. The van der Waals surface area contributed by atoms with Crippen molar-refractivity contribution in [1.82, 2.24) is 14.8 Å². The standard InChI is InChI=1S/C19H19FN4O/c1-24-11-16(19(23-24)13-2-4-15(20)5-3-13)14-6-7-21-17(10-14)18-12-25-9-8-22-18/h2-7,10-11,18,22H,8-9,12H2,1H3/p+1/t18-/m1/s1. The van der Waals surface area contributed by atoms with Gasteiger partial charge in [0, 0.05) is 30.6 Å². The molecule has 128 valence electrons. The van der Waals surface area contributed by atoms with Crippen molar-refractivity contribution < 1.29 is 14.4 Å². The number of rotatable bonds is 3. The smallest absolute Gasteiger partial charge is 0.152 e. The number of morpholine rings is 1. The number of ether oxygens (including phenoxy) is 1. The van der Waals surface area contributed by atoms with Crippen LogP contribution in [-0.2, 0) is 11.8 Å². The molecular weight excluding hydrogens is 319 g/mol. The van der Waals surface area contributed by atoms with E-state index < -0.39 is 0 Å². The average molecular weight is 339 g/mol. The van der Waals surface area contributed by atoms with E-state index in [9.17, 15) is 4.39 Å². The van der Waals surface area contributed by atoms with Crippen LogP contribution in [0, 0.1) is 5.82 Å². The summed E-state index contributed by atoms with van der Waals surface area (Å²) in [4.78, 5) is 4.52. The molecule has 0 unspecified atom stereocenters. The average Bonchev–Trinajstić information content (AvgIpc) is 3.05. The SMILES string of the molecule is Cn1cc(-c2ccnc([C@H]3COCC[NH2+]3)c2)c(-c2ccc(F)cc2)n1. The van der Waals surface area contributed by atoms with Gasteiger partial charge in [0.25, 0.3) is 0 Å². The van der Waals surface area contributed by atoms with E-state index >= 15 is 0 Å². The van der Waals surface area contributed by atoms with Gasteiger partial charge in [0.05, 0.1) is 13.2 Å². The first-order valence-electron chi connectivity index (χ1n) is 8.38. The fourth-order valence-corrected chi connectivity index (χ4v) is 3.18. The number of pyridine rings is 1. The van der Waals surface area contributed by atoms with Crippen LogP contribution in [0.25, 0.3) is 22.4 Å². The fourth-order valence-electron chi connectivity index (χ4n) is 3.18. The van der Waals surface area contributed by atoms with Crippen LogP contribution >= 0.6 is 0 Å². The van der Waals surface area contributed by atoms with Crippen LogP contribution in [0.4, 0.5) is 4.39 Å². The Morgan fingerprint density at radius 2 is 2.04 bits per heavy atom. The largest absolute Gasteiger partial charge is 0.369 e. The molecule has 0 spiro atoms. The van der Waals surface area contributed by atoms with Gasteiger partial charge in [-0.05, 0) is 42.0 Å². The van der Waals surface area contributed by atoms with Crippen molar-refractivity contribution in [2.24, 2.45) is 7.05 Å². The molecule has 5 nitrogen and oxygen atoms in total. The molecule has 2 aromatic heterocycles. The van der Waals surface area contributed by atoms with E-state index in [1.54, 1.807) is 16.8 Å². The van der Waals surface area contributed by atoms with E-state index in [0.29, 0.717) is 6.61 Å². The molecule has 1 saturated heterocycles. The van der Waals surface area contributed by atoms with Crippen LogP contribution in [-0.4, -0.2) is 34.5 Å². The van der Waals surface area contributed by atoms with E-state index in [-0.39, 0.29) is 11.9 Å². The molecule has 3 aromatic rings. The molecule has 1 aromatic carbocycles. The number of nitrogens with two attached hydrogens (primary N) is 1. The van der Waals surface area contributed by atoms with Gasteiger partial charge in [-0.2, -0.15) is 5.10 Å². The van der Waals surface area contributed by atoms with Crippen LogP contribution < -0.4 is 5.32 Å². The Morgan fingerprint density at radius 3 is 2.80 bits per heavy atom. The summed E-state index contributed by atoms with van der Waals surface area (Å²) < 4.78 is 20.6. The molecule has 25 heavy (non-hydrogen) atoms. The first-order valence-corrected chi connectivity index (χ1v) is 8.38. The van der Waals surface area contributed by atoms with Crippen molar-refractivity contribution in [2.75, 3.05) is 19.8 Å². The number of quaternary nitrogens is 1. The third-order valence-electron chi connectivity index (χ3n) is 4.43. The summed E-state index contributed by atoms with van der Waals surface area (Å²) in [5.41, 5.74) is 4.79. The minimum absolute atomic E-state index is 0.222. The Kier molecular flexibility index (Phi) is 4.29. The number of aromatic nitrogens is 3. The van der Waals surface area contributed by atoms with Crippen LogP contribution in [0.2, 0.25) is 0 Å². The maximum absolute atomic E-state index is 13.2. The van der Waals surface area contributed by atoms with E-state index in [0.717, 1.165) is 41.2 Å². The summed E-state index contributed by atoms with van der Waals surface area (Å²) in [6.45, 7) is 2.41. The Balaban J connectivity index is 1.73. The van der Waals surface area contributed by atoms with E-state index in [1.165, 1.54) is 12.1 Å². The van der Waals surface area contributed by atoms with Gasteiger partial charge < -0.3 is 10.1 Å². The van der Waals surface area contributed by atoms with Gasteiger partial charge in [-0.1, -0.05) is 0 Å². The fraction of sp³-hybridized carbons (Fsp3) is 0.263. The second-order valence-electron chi connectivity index (χ2n) is 6.25. The third kappa shape index (κ3) is 3.31. The van der Waals surface area contributed by atoms with Crippen molar-refractivity contribution in [3.05, 3.63) is 60.3 Å². The number of hydrogen-bond acceptors (Lipinski definition) is 3. The first kappa shape index (κ1) is 15.9. The highest BCUT2D eigenvalue weighted by Crippen LogP contribution is 2.31. The van der Waals surface area contributed by atoms with E-state index in [4.69, 9.17) is 4.74 Å². The second kappa shape index (κ2) is 6.74. The highest BCUT2D eigenvalue weighted by Gasteiger charge is 2.21. The molecular formula is C19H20FN4O+. The molecule has 1 fully saturated rings. The Bertz CT molecular complexity index is 869. The monoisotopic (exact) mass is 339 g/mol. The van der Waals surface area contributed by atoms with Gasteiger partial charge >= 0.3 is 0 Å². The number of nitrogens with zero attached hydrogens (tertiary/aromatic N) is 3. The van der Waals surface area contributed by atoms with Gasteiger partial charge in [-0.25, -0.2) is 4.39 Å². The van der Waals surface area contributed by atoms with Crippen LogP contribution in [0.5, 0.6) is 0 Å². The Hall–Kier alpha value is -2.57. The third-order valence-corrected chi connectivity index (χ3v) is 4.43. The molecule has 0 aliphatic carbocycles. The minimum atomic E-state index is -0.250. The Morgan fingerprint density at radius 1 is 1.20 bits per heavy atom.